The van der Waals surface area contributed by atoms with Crippen LogP contribution in [0.1, 0.15) is 12.0 Å². The maximum Gasteiger partial charge on any atom is 0.0231 e. The summed E-state index contributed by atoms with van der Waals surface area (Å²) in [7, 11) is 2.17. The zero-order valence-electron chi connectivity index (χ0n) is 10.1. The molecule has 0 aromatic heterocycles. The molecule has 1 aliphatic rings. The Kier molecular flexibility index (Phi) is 4.37. The molecule has 0 aliphatic heterocycles. The van der Waals surface area contributed by atoms with Crippen molar-refractivity contribution >= 4 is 15.9 Å². The average Bonchev–Trinajstić information content (AvgIpc) is 2.63. The SMILES string of the molecule is CN(Cc1cccc(Br)c1)CC1C=CC(N)C1. The van der Waals surface area contributed by atoms with Gasteiger partial charge in [-0.3, -0.25) is 0 Å². The molecule has 2 atom stereocenters. The van der Waals surface area contributed by atoms with Crippen LogP contribution in [-0.4, -0.2) is 24.5 Å². The molecule has 0 heterocycles. The molecule has 2 N–H and O–H groups in total. The van der Waals surface area contributed by atoms with Gasteiger partial charge in [0.1, 0.15) is 0 Å². The molecule has 0 radical (unpaired) electrons. The van der Waals surface area contributed by atoms with Gasteiger partial charge in [0.15, 0.2) is 0 Å². The lowest BCUT2D eigenvalue weighted by Crippen LogP contribution is -2.25. The largest absolute Gasteiger partial charge is 0.324 e. The Labute approximate surface area is 112 Å². The number of nitrogens with zero attached hydrogens (tertiary/aromatic N) is 1. The van der Waals surface area contributed by atoms with Crippen LogP contribution < -0.4 is 5.73 Å². The highest BCUT2D eigenvalue weighted by molar-refractivity contribution is 9.10. The van der Waals surface area contributed by atoms with E-state index in [4.69, 9.17) is 5.73 Å². The van der Waals surface area contributed by atoms with E-state index in [1.165, 1.54) is 5.56 Å². The number of nitrogens with two attached hydrogens (primary N) is 1. The number of hydrogen-bond donors (Lipinski definition) is 1. The fraction of sp³-hybridized carbons (Fsp3) is 0.429. The molecule has 17 heavy (non-hydrogen) atoms. The van der Waals surface area contributed by atoms with Gasteiger partial charge in [0, 0.05) is 23.6 Å². The monoisotopic (exact) mass is 294 g/mol. The topological polar surface area (TPSA) is 29.3 Å². The minimum atomic E-state index is 0.263. The summed E-state index contributed by atoms with van der Waals surface area (Å²) < 4.78 is 1.14. The fourth-order valence-electron chi connectivity index (χ4n) is 2.35. The van der Waals surface area contributed by atoms with Crippen LogP contribution in [0.15, 0.2) is 40.9 Å². The maximum atomic E-state index is 5.86. The quantitative estimate of drug-likeness (QED) is 0.866. The summed E-state index contributed by atoms with van der Waals surface area (Å²) >= 11 is 3.50. The molecule has 2 nitrogen and oxygen atoms in total. The molecule has 0 fully saturated rings. The van der Waals surface area contributed by atoms with E-state index in [1.54, 1.807) is 0 Å². The molecule has 0 amide bonds. The van der Waals surface area contributed by atoms with Gasteiger partial charge in [-0.15, -0.1) is 0 Å². The van der Waals surface area contributed by atoms with Crippen molar-refractivity contribution in [3.63, 3.8) is 0 Å². The molecule has 92 valence electrons. The Bertz CT molecular complexity index is 403. The van der Waals surface area contributed by atoms with E-state index in [0.717, 1.165) is 24.0 Å². The zero-order valence-corrected chi connectivity index (χ0v) is 11.7. The Morgan fingerprint density at radius 1 is 1.41 bits per heavy atom. The van der Waals surface area contributed by atoms with Crippen molar-refractivity contribution in [2.45, 2.75) is 19.0 Å². The van der Waals surface area contributed by atoms with E-state index >= 15 is 0 Å². The summed E-state index contributed by atoms with van der Waals surface area (Å²) in [6.07, 6.45) is 5.46. The van der Waals surface area contributed by atoms with Crippen LogP contribution in [0, 0.1) is 5.92 Å². The maximum absolute atomic E-state index is 5.86. The predicted molar refractivity (Wildman–Crippen MR) is 75.7 cm³/mol. The molecule has 2 unspecified atom stereocenters. The summed E-state index contributed by atoms with van der Waals surface area (Å²) in [5.74, 6) is 0.613. The van der Waals surface area contributed by atoms with Gasteiger partial charge < -0.3 is 10.6 Å². The number of hydrogen-bond acceptors (Lipinski definition) is 2. The van der Waals surface area contributed by atoms with Gasteiger partial charge >= 0.3 is 0 Å². The number of rotatable bonds is 4. The fourth-order valence-corrected chi connectivity index (χ4v) is 2.80. The third-order valence-electron chi connectivity index (χ3n) is 3.09. The van der Waals surface area contributed by atoms with E-state index < -0.39 is 0 Å². The Morgan fingerprint density at radius 2 is 2.24 bits per heavy atom. The average molecular weight is 295 g/mol. The Morgan fingerprint density at radius 3 is 2.88 bits per heavy atom. The third kappa shape index (κ3) is 3.95. The van der Waals surface area contributed by atoms with Crippen LogP contribution in [0.5, 0.6) is 0 Å². The van der Waals surface area contributed by atoms with Crippen molar-refractivity contribution < 1.29 is 0 Å². The highest BCUT2D eigenvalue weighted by Gasteiger charge is 2.17. The van der Waals surface area contributed by atoms with Crippen LogP contribution >= 0.6 is 15.9 Å². The summed E-state index contributed by atoms with van der Waals surface area (Å²) in [5, 5.41) is 0. The van der Waals surface area contributed by atoms with Gasteiger partial charge in [-0.05, 0) is 37.1 Å². The van der Waals surface area contributed by atoms with Crippen molar-refractivity contribution in [3.8, 4) is 0 Å². The first kappa shape index (κ1) is 12.8. The first-order chi connectivity index (χ1) is 8.13. The van der Waals surface area contributed by atoms with Crippen LogP contribution in [0.3, 0.4) is 0 Å². The highest BCUT2D eigenvalue weighted by atomic mass is 79.9. The molecule has 2 rings (SSSR count). The number of halogens is 1. The van der Waals surface area contributed by atoms with Crippen molar-refractivity contribution in [2.75, 3.05) is 13.6 Å². The Hall–Kier alpha value is -0.640. The lowest BCUT2D eigenvalue weighted by Gasteiger charge is -2.20. The highest BCUT2D eigenvalue weighted by Crippen LogP contribution is 2.18. The van der Waals surface area contributed by atoms with E-state index in [2.05, 4.69) is 64.3 Å². The molecule has 3 heteroatoms. The Balaban J connectivity index is 1.85. The molecule has 1 aromatic rings. The summed E-state index contributed by atoms with van der Waals surface area (Å²) in [6, 6.07) is 8.74. The second-order valence-electron chi connectivity index (χ2n) is 4.87. The van der Waals surface area contributed by atoms with Gasteiger partial charge in [0.25, 0.3) is 0 Å². The third-order valence-corrected chi connectivity index (χ3v) is 3.59. The molecule has 0 saturated heterocycles. The van der Waals surface area contributed by atoms with E-state index in [9.17, 15) is 0 Å². The predicted octanol–water partition coefficient (Wildman–Crippen LogP) is 2.78. The van der Waals surface area contributed by atoms with Gasteiger partial charge in [0.05, 0.1) is 0 Å². The standard InChI is InChI=1S/C14H19BrN2/c1-17(10-12-5-6-14(16)8-12)9-11-3-2-4-13(15)7-11/h2-7,12,14H,8-10,16H2,1H3. The lowest BCUT2D eigenvalue weighted by molar-refractivity contribution is 0.288. The number of benzene rings is 1. The molecule has 0 saturated carbocycles. The zero-order chi connectivity index (χ0) is 12.3. The van der Waals surface area contributed by atoms with Crippen molar-refractivity contribution in [2.24, 2.45) is 11.7 Å². The van der Waals surface area contributed by atoms with Crippen molar-refractivity contribution in [3.05, 3.63) is 46.5 Å². The van der Waals surface area contributed by atoms with Crippen LogP contribution in [0.25, 0.3) is 0 Å². The van der Waals surface area contributed by atoms with Crippen molar-refractivity contribution in [1.29, 1.82) is 0 Å². The molecule has 0 bridgehead atoms. The van der Waals surface area contributed by atoms with E-state index in [1.807, 2.05) is 0 Å². The minimum Gasteiger partial charge on any atom is -0.324 e. The van der Waals surface area contributed by atoms with Crippen molar-refractivity contribution in [1.82, 2.24) is 4.90 Å². The van der Waals surface area contributed by atoms with Crippen LogP contribution in [-0.2, 0) is 6.54 Å². The molecule has 0 spiro atoms. The first-order valence-electron chi connectivity index (χ1n) is 6.00. The molecular weight excluding hydrogens is 276 g/mol. The van der Waals surface area contributed by atoms with Gasteiger partial charge in [-0.2, -0.15) is 0 Å². The smallest absolute Gasteiger partial charge is 0.0231 e. The summed E-state index contributed by atoms with van der Waals surface area (Å²) in [5.41, 5.74) is 7.20. The molecule has 1 aromatic carbocycles. The molecular formula is C14H19BrN2. The minimum absolute atomic E-state index is 0.263. The van der Waals surface area contributed by atoms with Crippen LogP contribution in [0.4, 0.5) is 0 Å². The first-order valence-corrected chi connectivity index (χ1v) is 6.79. The summed E-state index contributed by atoms with van der Waals surface area (Å²) in [6.45, 7) is 2.07. The van der Waals surface area contributed by atoms with Gasteiger partial charge in [-0.25, -0.2) is 0 Å². The summed E-state index contributed by atoms with van der Waals surface area (Å²) in [4.78, 5) is 2.36. The second kappa shape index (κ2) is 5.80. The van der Waals surface area contributed by atoms with Gasteiger partial charge in [0.2, 0.25) is 0 Å². The van der Waals surface area contributed by atoms with E-state index in [-0.39, 0.29) is 6.04 Å². The normalized spacial score (nSPS) is 23.5. The molecule has 1 aliphatic carbocycles. The van der Waals surface area contributed by atoms with E-state index in [0.29, 0.717) is 5.92 Å². The van der Waals surface area contributed by atoms with Crippen LogP contribution in [0.2, 0.25) is 0 Å². The van der Waals surface area contributed by atoms with Gasteiger partial charge in [-0.1, -0.05) is 40.2 Å². The lowest BCUT2D eigenvalue weighted by atomic mass is 10.1. The second-order valence-corrected chi connectivity index (χ2v) is 5.79.